The van der Waals surface area contributed by atoms with Crippen LogP contribution in [-0.2, 0) is 4.79 Å². The molecule has 4 aromatic rings. The Morgan fingerprint density at radius 1 is 1.10 bits per heavy atom. The molecule has 31 heavy (non-hydrogen) atoms. The molecule has 2 aromatic carbocycles. The third-order valence-corrected chi connectivity index (χ3v) is 6.39. The van der Waals surface area contributed by atoms with E-state index >= 15 is 0 Å². The van der Waals surface area contributed by atoms with Crippen LogP contribution in [0.4, 0.5) is 5.82 Å². The molecular formula is C22H20N4O4S. The minimum Gasteiger partial charge on any atom is -0.497 e. The lowest BCUT2D eigenvalue weighted by atomic mass is 9.86. The monoisotopic (exact) mass is 436 g/mol. The molecule has 158 valence electrons. The standard InChI is InChI=1S/C22H20N4O4S/c1-28-12-7-8-16-18(9-12)31-22(24-16)26-21-15(11-23-26)14(10-19(27)25-21)13-5-4-6-17(29-2)20(13)30-3/h4-9,11,14H,10H2,1-3H3,(H,25,27). The summed E-state index contributed by atoms with van der Waals surface area (Å²) in [4.78, 5) is 17.3. The van der Waals surface area contributed by atoms with E-state index in [1.807, 2.05) is 36.4 Å². The van der Waals surface area contributed by atoms with Gasteiger partial charge in [0.15, 0.2) is 11.5 Å². The Morgan fingerprint density at radius 2 is 1.97 bits per heavy atom. The SMILES string of the molecule is COc1ccc2nc(-n3ncc4c3NC(=O)CC4c3cccc(OC)c3OC)sc2c1. The van der Waals surface area contributed by atoms with Crippen molar-refractivity contribution in [3.05, 3.63) is 53.7 Å². The summed E-state index contributed by atoms with van der Waals surface area (Å²) in [6, 6.07) is 11.4. The maximum Gasteiger partial charge on any atom is 0.226 e. The molecule has 1 unspecified atom stereocenters. The highest BCUT2D eigenvalue weighted by atomic mass is 32.1. The van der Waals surface area contributed by atoms with Gasteiger partial charge in [-0.15, -0.1) is 0 Å². The maximum absolute atomic E-state index is 12.6. The smallest absolute Gasteiger partial charge is 0.226 e. The summed E-state index contributed by atoms with van der Waals surface area (Å²) in [5.41, 5.74) is 2.63. The lowest BCUT2D eigenvalue weighted by molar-refractivity contribution is -0.116. The molecule has 1 aliphatic heterocycles. The highest BCUT2D eigenvalue weighted by Gasteiger charge is 2.33. The van der Waals surface area contributed by atoms with Crippen LogP contribution in [0, 0.1) is 0 Å². The normalized spacial score (nSPS) is 15.5. The number of aromatic nitrogens is 3. The van der Waals surface area contributed by atoms with Gasteiger partial charge < -0.3 is 19.5 Å². The van der Waals surface area contributed by atoms with E-state index < -0.39 is 0 Å². The number of carbonyl (C=O) groups excluding carboxylic acids is 1. The van der Waals surface area contributed by atoms with Crippen molar-refractivity contribution < 1.29 is 19.0 Å². The van der Waals surface area contributed by atoms with Gasteiger partial charge in [0.05, 0.1) is 37.7 Å². The van der Waals surface area contributed by atoms with E-state index in [0.717, 1.165) is 27.1 Å². The Kier molecular flexibility index (Phi) is 4.74. The lowest BCUT2D eigenvalue weighted by Gasteiger charge is -2.25. The second-order valence-corrected chi connectivity index (χ2v) is 8.09. The van der Waals surface area contributed by atoms with E-state index in [-0.39, 0.29) is 11.8 Å². The number of hydrogen-bond donors (Lipinski definition) is 1. The predicted molar refractivity (Wildman–Crippen MR) is 118 cm³/mol. The summed E-state index contributed by atoms with van der Waals surface area (Å²) in [5, 5.41) is 8.20. The fraction of sp³-hybridized carbons (Fsp3) is 0.227. The van der Waals surface area contributed by atoms with Crippen molar-refractivity contribution in [3.63, 3.8) is 0 Å². The first kappa shape index (κ1) is 19.4. The molecule has 0 aliphatic carbocycles. The Morgan fingerprint density at radius 3 is 2.74 bits per heavy atom. The quantitative estimate of drug-likeness (QED) is 0.509. The molecule has 9 heteroatoms. The van der Waals surface area contributed by atoms with Crippen LogP contribution in [0.15, 0.2) is 42.6 Å². The first-order chi connectivity index (χ1) is 15.1. The van der Waals surface area contributed by atoms with Crippen LogP contribution in [0.25, 0.3) is 15.3 Å². The highest BCUT2D eigenvalue weighted by Crippen LogP contribution is 2.44. The van der Waals surface area contributed by atoms with Gasteiger partial charge in [0.2, 0.25) is 11.0 Å². The van der Waals surface area contributed by atoms with Crippen molar-refractivity contribution in [1.82, 2.24) is 14.8 Å². The Hall–Kier alpha value is -3.59. The fourth-order valence-corrected chi connectivity index (χ4v) is 4.90. The van der Waals surface area contributed by atoms with Crippen molar-refractivity contribution in [2.75, 3.05) is 26.6 Å². The molecule has 8 nitrogen and oxygen atoms in total. The molecule has 1 atom stereocenters. The predicted octanol–water partition coefficient (Wildman–Crippen LogP) is 3.98. The molecular weight excluding hydrogens is 416 g/mol. The summed E-state index contributed by atoms with van der Waals surface area (Å²) >= 11 is 1.48. The van der Waals surface area contributed by atoms with Crippen LogP contribution >= 0.6 is 11.3 Å². The van der Waals surface area contributed by atoms with E-state index in [9.17, 15) is 4.79 Å². The van der Waals surface area contributed by atoms with Crippen LogP contribution < -0.4 is 19.5 Å². The van der Waals surface area contributed by atoms with Crippen LogP contribution in [0.2, 0.25) is 0 Å². The van der Waals surface area contributed by atoms with Gasteiger partial charge in [-0.2, -0.15) is 9.78 Å². The van der Waals surface area contributed by atoms with Crippen molar-refractivity contribution >= 4 is 33.3 Å². The molecule has 0 radical (unpaired) electrons. The minimum absolute atomic E-state index is 0.0908. The number of anilines is 1. The average molecular weight is 436 g/mol. The zero-order valence-electron chi connectivity index (χ0n) is 17.2. The summed E-state index contributed by atoms with van der Waals surface area (Å²) < 4.78 is 19.0. The van der Waals surface area contributed by atoms with Crippen molar-refractivity contribution in [3.8, 4) is 22.4 Å². The fourth-order valence-electron chi connectivity index (χ4n) is 3.94. The molecule has 0 saturated heterocycles. The van der Waals surface area contributed by atoms with Crippen LogP contribution in [0.1, 0.15) is 23.5 Å². The molecule has 2 aromatic heterocycles. The van der Waals surface area contributed by atoms with Gasteiger partial charge in [-0.05, 0) is 24.3 Å². The molecule has 3 heterocycles. The number of amides is 1. The number of benzene rings is 2. The first-order valence-electron chi connectivity index (χ1n) is 9.66. The number of methoxy groups -OCH3 is 3. The number of rotatable bonds is 5. The molecule has 1 aliphatic rings. The van der Waals surface area contributed by atoms with E-state index in [0.29, 0.717) is 28.9 Å². The molecule has 0 spiro atoms. The van der Waals surface area contributed by atoms with Gasteiger partial charge in [-0.25, -0.2) is 4.98 Å². The average Bonchev–Trinajstić information content (AvgIpc) is 3.40. The highest BCUT2D eigenvalue weighted by molar-refractivity contribution is 7.20. The third-order valence-electron chi connectivity index (χ3n) is 5.39. The van der Waals surface area contributed by atoms with Crippen molar-refractivity contribution in [1.29, 1.82) is 0 Å². The first-order valence-corrected chi connectivity index (χ1v) is 10.5. The van der Waals surface area contributed by atoms with Gasteiger partial charge in [-0.3, -0.25) is 4.79 Å². The van der Waals surface area contributed by atoms with Crippen molar-refractivity contribution in [2.24, 2.45) is 0 Å². The van der Waals surface area contributed by atoms with E-state index in [4.69, 9.17) is 19.2 Å². The van der Waals surface area contributed by atoms with Gasteiger partial charge in [0.1, 0.15) is 11.6 Å². The maximum atomic E-state index is 12.6. The second-order valence-electron chi connectivity index (χ2n) is 7.08. The number of nitrogens with one attached hydrogen (secondary N) is 1. The molecule has 1 amide bonds. The number of nitrogens with zero attached hydrogens (tertiary/aromatic N) is 3. The van der Waals surface area contributed by atoms with Gasteiger partial charge in [-0.1, -0.05) is 23.5 Å². The Labute approximate surface area is 182 Å². The molecule has 5 rings (SSSR count). The zero-order chi connectivity index (χ0) is 21.5. The lowest BCUT2D eigenvalue weighted by Crippen LogP contribution is -2.24. The van der Waals surface area contributed by atoms with Gasteiger partial charge in [0, 0.05) is 23.5 Å². The topological polar surface area (TPSA) is 87.5 Å². The summed E-state index contributed by atoms with van der Waals surface area (Å²) in [6.45, 7) is 0. The Balaban J connectivity index is 1.62. The largest absolute Gasteiger partial charge is 0.497 e. The number of thiazole rings is 1. The summed E-state index contributed by atoms with van der Waals surface area (Å²) in [7, 11) is 4.83. The zero-order valence-corrected chi connectivity index (χ0v) is 18.0. The van der Waals surface area contributed by atoms with E-state index in [1.54, 1.807) is 32.2 Å². The van der Waals surface area contributed by atoms with Crippen LogP contribution in [-0.4, -0.2) is 42.0 Å². The number of ether oxygens (including phenoxy) is 3. The molecule has 0 fully saturated rings. The van der Waals surface area contributed by atoms with Gasteiger partial charge in [0.25, 0.3) is 0 Å². The number of hydrogen-bond acceptors (Lipinski definition) is 7. The minimum atomic E-state index is -0.211. The second kappa shape index (κ2) is 7.59. The molecule has 0 bridgehead atoms. The third kappa shape index (κ3) is 3.17. The van der Waals surface area contributed by atoms with Crippen LogP contribution in [0.5, 0.6) is 17.2 Å². The Bertz CT molecular complexity index is 1300. The van der Waals surface area contributed by atoms with Gasteiger partial charge >= 0.3 is 0 Å². The van der Waals surface area contributed by atoms with Crippen molar-refractivity contribution in [2.45, 2.75) is 12.3 Å². The molecule has 0 saturated carbocycles. The number of carbonyl (C=O) groups is 1. The summed E-state index contributed by atoms with van der Waals surface area (Å²) in [5.74, 6) is 2.33. The van der Waals surface area contributed by atoms with Crippen LogP contribution in [0.3, 0.4) is 0 Å². The summed E-state index contributed by atoms with van der Waals surface area (Å²) in [6.07, 6.45) is 2.07. The number of fused-ring (bicyclic) bond motifs is 2. The van der Waals surface area contributed by atoms with E-state index in [2.05, 4.69) is 10.4 Å². The van der Waals surface area contributed by atoms with E-state index in [1.165, 1.54) is 11.3 Å². The number of para-hydroxylation sites is 1. The molecule has 1 N–H and O–H groups in total.